The number of rotatable bonds is 16. The zero-order chi connectivity index (χ0) is 52.5. The van der Waals surface area contributed by atoms with E-state index in [0.29, 0.717) is 50.3 Å². The minimum absolute atomic E-state index is 0.00865. The highest BCUT2D eigenvalue weighted by Crippen LogP contribution is 2.49. The van der Waals surface area contributed by atoms with E-state index in [1.807, 2.05) is 49.4 Å². The number of nitrogens with zero attached hydrogens (tertiary/aromatic N) is 3. The van der Waals surface area contributed by atoms with Crippen LogP contribution in [0.1, 0.15) is 87.8 Å². The van der Waals surface area contributed by atoms with Gasteiger partial charge in [-0.2, -0.15) is 0 Å². The molecule has 2 aliphatic rings. The highest BCUT2D eigenvalue weighted by atomic mass is 32.2. The first-order valence-corrected chi connectivity index (χ1v) is 27.5. The number of allylic oxidation sites excluding steroid dienone is 5. The second-order valence-corrected chi connectivity index (χ2v) is 22.7. The monoisotopic (exact) mass is 1030 g/mol. The van der Waals surface area contributed by atoms with Gasteiger partial charge in [0.05, 0.1) is 31.6 Å². The average molecular weight is 1030 g/mol. The van der Waals surface area contributed by atoms with Crippen LogP contribution in [-0.4, -0.2) is 79.4 Å². The number of aromatic nitrogens is 3. The molecule has 0 amide bonds. The van der Waals surface area contributed by atoms with Crippen molar-refractivity contribution in [2.24, 2.45) is 5.92 Å². The van der Waals surface area contributed by atoms with Gasteiger partial charge in [-0.15, -0.1) is 0 Å². The number of halogens is 4. The summed E-state index contributed by atoms with van der Waals surface area (Å²) in [5.41, 5.74) is 4.64. The molecular weight excluding hydrogens is 983 g/mol. The number of carbonyl (C=O) groups is 3. The molecule has 0 aliphatic heterocycles. The van der Waals surface area contributed by atoms with E-state index in [1.54, 1.807) is 47.2 Å². The Hall–Kier alpha value is -7.24. The lowest BCUT2D eigenvalue weighted by molar-refractivity contribution is -0.113. The highest BCUT2D eigenvalue weighted by Gasteiger charge is 2.36. The number of hydrogen-bond donors (Lipinski definition) is 0. The standard InChI is InChI=1S/C28H26F2N2O4S.C28H25F2NO4S/c1-16-11-21(16)17-6-9-24-22(13-17)26(20-5-4-10-31-28(20)36-2)27(25(33)15-37(3,34)35)32(24)14-18-12-19(29)7-8-23(18)30;1-3-4-7-18-10-13-24-22(14-18)27(21-8-5-6-9-25(21)32)28(26(33)17-36(2,34)35)31(24)16-19-15-20(29)11-12-23(19)30/h4-10,12-13,16,21H,11,14-15H2,1-3H3;4-8,10-15H,3,9,16-17H2,1-2H3/b;7-4+/t16-,21+;/m1./s1. The van der Waals surface area contributed by atoms with E-state index in [9.17, 15) is 48.8 Å². The second kappa shape index (κ2) is 21.1. The molecule has 1 saturated carbocycles. The molecule has 0 radical (unpaired) electrons. The van der Waals surface area contributed by atoms with E-state index in [1.165, 1.54) is 11.7 Å². The third kappa shape index (κ3) is 11.5. The number of ketones is 3. The highest BCUT2D eigenvalue weighted by molar-refractivity contribution is 7.91. The van der Waals surface area contributed by atoms with E-state index in [2.05, 4.69) is 11.9 Å². The van der Waals surface area contributed by atoms with Crippen LogP contribution in [-0.2, 0) is 37.6 Å². The first-order valence-electron chi connectivity index (χ1n) is 23.3. The molecule has 7 aromatic rings. The summed E-state index contributed by atoms with van der Waals surface area (Å²) in [5.74, 6) is -4.52. The van der Waals surface area contributed by atoms with E-state index < -0.39 is 66.0 Å². The molecule has 9 rings (SSSR count). The number of carbonyl (C=O) groups excluding carboxylic acids is 3. The smallest absolute Gasteiger partial charge is 0.221 e. The molecule has 3 aromatic heterocycles. The van der Waals surface area contributed by atoms with Crippen LogP contribution in [0, 0.1) is 29.2 Å². The summed E-state index contributed by atoms with van der Waals surface area (Å²) in [4.78, 5) is 44.3. The van der Waals surface area contributed by atoms with Crippen LogP contribution < -0.4 is 4.74 Å². The van der Waals surface area contributed by atoms with Crippen molar-refractivity contribution in [2.75, 3.05) is 31.1 Å². The molecule has 0 bridgehead atoms. The molecule has 0 N–H and O–H groups in total. The lowest BCUT2D eigenvalue weighted by Gasteiger charge is -2.14. The van der Waals surface area contributed by atoms with Crippen LogP contribution >= 0.6 is 0 Å². The fourth-order valence-electron chi connectivity index (χ4n) is 9.36. The SMILES string of the molecule is CC/C=C/c1ccc2c(c1)c(C1=CC=CCC1=O)c(C(=O)CS(C)(=O)=O)n2Cc1cc(F)ccc1F.COc1ncccc1-c1c(C(=O)CS(C)(=O)=O)n(Cc2cc(F)ccc2F)c2ccc([C@H]3C[C@H]3C)cc12. The first kappa shape index (κ1) is 52.1. The summed E-state index contributed by atoms with van der Waals surface area (Å²) in [5, 5.41) is 1.24. The Morgan fingerprint density at radius 2 is 1.33 bits per heavy atom. The Morgan fingerprint density at radius 1 is 0.767 bits per heavy atom. The number of Topliss-reactive ketones (excluding diaryl/α,β-unsaturated/α-hetero) is 3. The first-order chi connectivity index (χ1) is 34.7. The predicted octanol–water partition coefficient (Wildman–Crippen LogP) is 10.9. The quantitative estimate of drug-likeness (QED) is 0.0680. The number of sulfone groups is 2. The number of hydrogen-bond acceptors (Lipinski definition) is 9. The molecule has 1 fully saturated rings. The fraction of sp³-hybridized carbons (Fsp3) is 0.250. The normalized spacial score (nSPS) is 15.7. The summed E-state index contributed by atoms with van der Waals surface area (Å²) in [6, 6.07) is 20.8. The van der Waals surface area contributed by atoms with Crippen molar-refractivity contribution in [3.63, 3.8) is 0 Å². The molecule has 3 heterocycles. The van der Waals surface area contributed by atoms with Gasteiger partial charge in [0.1, 0.15) is 34.8 Å². The molecule has 2 atom stereocenters. The molecule has 17 heteroatoms. The summed E-state index contributed by atoms with van der Waals surface area (Å²) < 4.78 is 114. The maximum atomic E-state index is 14.7. The molecule has 73 heavy (non-hydrogen) atoms. The molecule has 11 nitrogen and oxygen atoms in total. The van der Waals surface area contributed by atoms with Gasteiger partial charge in [-0.3, -0.25) is 14.4 Å². The Morgan fingerprint density at radius 3 is 1.86 bits per heavy atom. The van der Waals surface area contributed by atoms with E-state index >= 15 is 0 Å². The Balaban J connectivity index is 0.000000195. The van der Waals surface area contributed by atoms with Crippen LogP contribution in [0.25, 0.3) is 44.6 Å². The van der Waals surface area contributed by atoms with Gasteiger partial charge in [-0.25, -0.2) is 39.4 Å². The van der Waals surface area contributed by atoms with Crippen molar-refractivity contribution >= 4 is 70.5 Å². The summed E-state index contributed by atoms with van der Waals surface area (Å²) in [6.45, 7) is 3.75. The van der Waals surface area contributed by atoms with Crippen molar-refractivity contribution in [3.05, 3.63) is 178 Å². The second-order valence-electron chi connectivity index (χ2n) is 18.5. The van der Waals surface area contributed by atoms with E-state index in [-0.39, 0.29) is 59.3 Å². The van der Waals surface area contributed by atoms with Gasteiger partial charge in [0.25, 0.3) is 0 Å². The third-order valence-corrected chi connectivity index (χ3v) is 14.3. The van der Waals surface area contributed by atoms with Crippen LogP contribution in [0.15, 0.2) is 115 Å². The lowest BCUT2D eigenvalue weighted by Crippen LogP contribution is -2.21. The molecule has 0 spiro atoms. The number of benzene rings is 4. The summed E-state index contributed by atoms with van der Waals surface area (Å²) in [6.07, 6.45) is 14.3. The van der Waals surface area contributed by atoms with Crippen LogP contribution in [0.3, 0.4) is 0 Å². The average Bonchev–Trinajstić information content (AvgIpc) is 3.87. The van der Waals surface area contributed by atoms with Gasteiger partial charge in [0.2, 0.25) is 5.88 Å². The van der Waals surface area contributed by atoms with Gasteiger partial charge >= 0.3 is 0 Å². The Labute approximate surface area is 420 Å². The Kier molecular flexibility index (Phi) is 15.0. The molecule has 4 aromatic carbocycles. The maximum Gasteiger partial charge on any atom is 0.221 e. The van der Waals surface area contributed by atoms with Gasteiger partial charge in [-0.05, 0) is 109 Å². The van der Waals surface area contributed by atoms with Crippen molar-refractivity contribution < 1.29 is 53.5 Å². The number of fused-ring (bicyclic) bond motifs is 2. The number of methoxy groups -OCH3 is 1. The lowest BCUT2D eigenvalue weighted by atomic mass is 9.92. The summed E-state index contributed by atoms with van der Waals surface area (Å²) in [7, 11) is -5.95. The van der Waals surface area contributed by atoms with Crippen molar-refractivity contribution in [1.29, 1.82) is 0 Å². The summed E-state index contributed by atoms with van der Waals surface area (Å²) >= 11 is 0. The van der Waals surface area contributed by atoms with E-state index in [0.717, 1.165) is 72.9 Å². The molecule has 0 saturated heterocycles. The zero-order valence-electron chi connectivity index (χ0n) is 40.6. The van der Waals surface area contributed by atoms with Crippen molar-refractivity contribution in [2.45, 2.75) is 52.1 Å². The van der Waals surface area contributed by atoms with Gasteiger partial charge in [0.15, 0.2) is 37.0 Å². The van der Waals surface area contributed by atoms with Gasteiger partial charge in [-0.1, -0.05) is 56.4 Å². The molecule has 2 aliphatic carbocycles. The van der Waals surface area contributed by atoms with Crippen molar-refractivity contribution in [3.8, 4) is 17.0 Å². The van der Waals surface area contributed by atoms with Crippen LogP contribution in [0.5, 0.6) is 5.88 Å². The molecule has 378 valence electrons. The van der Waals surface area contributed by atoms with Crippen molar-refractivity contribution in [1.82, 2.24) is 14.1 Å². The van der Waals surface area contributed by atoms with Crippen LogP contribution in [0.4, 0.5) is 17.6 Å². The fourth-order valence-corrected chi connectivity index (χ4v) is 10.6. The van der Waals surface area contributed by atoms with E-state index in [4.69, 9.17) is 4.74 Å². The van der Waals surface area contributed by atoms with Gasteiger partial charge < -0.3 is 13.9 Å². The Bertz CT molecular complexity index is 3700. The minimum atomic E-state index is -3.72. The largest absolute Gasteiger partial charge is 0.481 e. The van der Waals surface area contributed by atoms with Crippen LogP contribution in [0.2, 0.25) is 0 Å². The molecular formula is C56H51F4N3O8S2. The minimum Gasteiger partial charge on any atom is -0.481 e. The number of pyridine rings is 1. The van der Waals surface area contributed by atoms with Gasteiger partial charge in [0, 0.05) is 80.3 Å². The third-order valence-electron chi connectivity index (χ3n) is 12.8. The maximum absolute atomic E-state index is 14.7. The number of ether oxygens (including phenoxy) is 1. The topological polar surface area (TPSA) is 151 Å². The molecule has 0 unspecified atom stereocenters. The zero-order valence-corrected chi connectivity index (χ0v) is 42.2. The predicted molar refractivity (Wildman–Crippen MR) is 275 cm³/mol.